The lowest BCUT2D eigenvalue weighted by Gasteiger charge is -2.07. The van der Waals surface area contributed by atoms with E-state index in [-0.39, 0.29) is 18.8 Å². The molecule has 1 aromatic carbocycles. The number of esters is 1. The molecule has 0 aromatic heterocycles. The molecule has 0 spiro atoms. The van der Waals surface area contributed by atoms with Crippen LogP contribution in [0.15, 0.2) is 12.1 Å². The van der Waals surface area contributed by atoms with E-state index < -0.39 is 23.4 Å². The van der Waals surface area contributed by atoms with Gasteiger partial charge in [0.2, 0.25) is 0 Å². The van der Waals surface area contributed by atoms with Gasteiger partial charge in [0.15, 0.2) is 11.6 Å². The maximum absolute atomic E-state index is 13.0. The number of anilines is 1. The zero-order valence-electron chi connectivity index (χ0n) is 8.52. The quantitative estimate of drug-likeness (QED) is 0.639. The summed E-state index contributed by atoms with van der Waals surface area (Å²) in [4.78, 5) is 10.9. The molecule has 0 atom stereocenters. The second-order valence-electron chi connectivity index (χ2n) is 2.90. The van der Waals surface area contributed by atoms with E-state index in [2.05, 4.69) is 10.1 Å². The van der Waals surface area contributed by atoms with Gasteiger partial charge in [0.25, 0.3) is 0 Å². The van der Waals surface area contributed by atoms with Gasteiger partial charge in [0.05, 0.1) is 12.3 Å². The van der Waals surface area contributed by atoms with E-state index in [9.17, 15) is 18.0 Å². The van der Waals surface area contributed by atoms with Crippen LogP contribution in [0.1, 0.15) is 6.92 Å². The molecule has 0 aliphatic carbocycles. The molecule has 16 heavy (non-hydrogen) atoms. The number of ether oxygens (including phenoxy) is 1. The maximum Gasteiger partial charge on any atom is 0.325 e. The molecule has 1 aromatic rings. The number of carbonyl (C=O) groups excluding carboxylic acids is 1. The number of nitrogens with one attached hydrogen (secondary N) is 1. The number of carbonyl (C=O) groups is 1. The molecular formula is C10H10F3NO2. The maximum atomic E-state index is 13.0. The van der Waals surface area contributed by atoms with E-state index in [0.29, 0.717) is 12.1 Å². The summed E-state index contributed by atoms with van der Waals surface area (Å²) in [5.41, 5.74) is -0.285. The van der Waals surface area contributed by atoms with Gasteiger partial charge in [-0.05, 0) is 6.92 Å². The van der Waals surface area contributed by atoms with Crippen molar-refractivity contribution in [2.24, 2.45) is 0 Å². The van der Waals surface area contributed by atoms with E-state index in [0.717, 1.165) is 0 Å². The molecule has 0 heterocycles. The van der Waals surface area contributed by atoms with Gasteiger partial charge in [-0.3, -0.25) is 4.79 Å². The second kappa shape index (κ2) is 5.39. The lowest BCUT2D eigenvalue weighted by molar-refractivity contribution is -0.140. The normalized spacial score (nSPS) is 10.0. The van der Waals surface area contributed by atoms with Crippen LogP contribution in [0.4, 0.5) is 18.9 Å². The average Bonchev–Trinajstić information content (AvgIpc) is 2.22. The lowest BCUT2D eigenvalue weighted by atomic mass is 10.3. The minimum Gasteiger partial charge on any atom is -0.465 e. The van der Waals surface area contributed by atoms with Crippen LogP contribution in [-0.2, 0) is 9.53 Å². The number of hydrogen-bond donors (Lipinski definition) is 1. The van der Waals surface area contributed by atoms with Gasteiger partial charge in [-0.2, -0.15) is 0 Å². The van der Waals surface area contributed by atoms with E-state index in [4.69, 9.17) is 0 Å². The molecule has 0 saturated carbocycles. The highest BCUT2D eigenvalue weighted by atomic mass is 19.2. The Balaban J connectivity index is 2.67. The van der Waals surface area contributed by atoms with Crippen LogP contribution in [0.5, 0.6) is 0 Å². The summed E-state index contributed by atoms with van der Waals surface area (Å²) < 4.78 is 42.9. The van der Waals surface area contributed by atoms with E-state index in [1.54, 1.807) is 6.92 Å². The topological polar surface area (TPSA) is 38.3 Å². The number of halogens is 3. The first kappa shape index (κ1) is 12.4. The molecule has 0 bridgehead atoms. The molecule has 1 rings (SSSR count). The predicted octanol–water partition coefficient (Wildman–Crippen LogP) is 2.08. The summed E-state index contributed by atoms with van der Waals surface area (Å²) in [5, 5.41) is 2.31. The molecule has 0 unspecified atom stereocenters. The smallest absolute Gasteiger partial charge is 0.325 e. The molecule has 0 aliphatic rings. The van der Waals surface area contributed by atoms with Crippen molar-refractivity contribution in [2.45, 2.75) is 6.92 Å². The Hall–Kier alpha value is -1.72. The van der Waals surface area contributed by atoms with Crippen molar-refractivity contribution < 1.29 is 22.7 Å². The third kappa shape index (κ3) is 3.15. The fourth-order valence-electron chi connectivity index (χ4n) is 1.04. The largest absolute Gasteiger partial charge is 0.465 e. The van der Waals surface area contributed by atoms with Crippen LogP contribution in [0, 0.1) is 17.5 Å². The molecule has 0 radical (unpaired) electrons. The van der Waals surface area contributed by atoms with Crippen LogP contribution in [0.3, 0.4) is 0 Å². The number of hydrogen-bond acceptors (Lipinski definition) is 3. The molecule has 6 heteroatoms. The first-order valence-electron chi connectivity index (χ1n) is 4.58. The molecule has 0 fully saturated rings. The standard InChI is InChI=1S/C10H10F3NO2/c1-2-16-10(15)5-14-9-4-7(12)6(11)3-8(9)13/h3-4,14H,2,5H2,1H3. The second-order valence-corrected chi connectivity index (χ2v) is 2.90. The molecular weight excluding hydrogens is 223 g/mol. The van der Waals surface area contributed by atoms with E-state index in [1.165, 1.54) is 0 Å². The van der Waals surface area contributed by atoms with Gasteiger partial charge in [-0.15, -0.1) is 0 Å². The van der Waals surface area contributed by atoms with Gasteiger partial charge < -0.3 is 10.1 Å². The Morgan fingerprint density at radius 1 is 1.25 bits per heavy atom. The third-order valence-electron chi connectivity index (χ3n) is 1.74. The Bertz CT molecular complexity index is 396. The highest BCUT2D eigenvalue weighted by molar-refractivity contribution is 5.75. The summed E-state index contributed by atoms with van der Waals surface area (Å²) in [7, 11) is 0. The van der Waals surface area contributed by atoms with Crippen molar-refractivity contribution in [1.29, 1.82) is 0 Å². The SMILES string of the molecule is CCOC(=O)CNc1cc(F)c(F)cc1F. The van der Waals surface area contributed by atoms with Crippen molar-refractivity contribution in [2.75, 3.05) is 18.5 Å². The minimum absolute atomic E-state index is 0.195. The number of benzene rings is 1. The molecule has 88 valence electrons. The molecule has 0 aliphatic heterocycles. The van der Waals surface area contributed by atoms with Crippen LogP contribution < -0.4 is 5.32 Å². The third-order valence-corrected chi connectivity index (χ3v) is 1.74. The first-order chi connectivity index (χ1) is 7.54. The van der Waals surface area contributed by atoms with Crippen LogP contribution >= 0.6 is 0 Å². The van der Waals surface area contributed by atoms with Gasteiger partial charge >= 0.3 is 5.97 Å². The Morgan fingerprint density at radius 2 is 1.88 bits per heavy atom. The highest BCUT2D eigenvalue weighted by Crippen LogP contribution is 2.17. The zero-order chi connectivity index (χ0) is 12.1. The molecule has 1 N–H and O–H groups in total. The number of rotatable bonds is 4. The zero-order valence-corrected chi connectivity index (χ0v) is 8.52. The lowest BCUT2D eigenvalue weighted by Crippen LogP contribution is -2.17. The first-order valence-corrected chi connectivity index (χ1v) is 4.58. The van der Waals surface area contributed by atoms with Gasteiger partial charge in [-0.1, -0.05) is 0 Å². The van der Waals surface area contributed by atoms with Crippen molar-refractivity contribution in [3.8, 4) is 0 Å². The van der Waals surface area contributed by atoms with E-state index in [1.807, 2.05) is 0 Å². The molecule has 0 amide bonds. The summed E-state index contributed by atoms with van der Waals surface area (Å²) >= 11 is 0. The van der Waals surface area contributed by atoms with Gasteiger partial charge in [0.1, 0.15) is 12.4 Å². The predicted molar refractivity (Wildman–Crippen MR) is 51.4 cm³/mol. The van der Waals surface area contributed by atoms with Crippen molar-refractivity contribution in [1.82, 2.24) is 0 Å². The van der Waals surface area contributed by atoms with Gasteiger partial charge in [-0.25, -0.2) is 13.2 Å². The van der Waals surface area contributed by atoms with Crippen LogP contribution in [-0.4, -0.2) is 19.1 Å². The monoisotopic (exact) mass is 233 g/mol. The fourth-order valence-corrected chi connectivity index (χ4v) is 1.04. The Labute approximate surface area is 90.2 Å². The Morgan fingerprint density at radius 3 is 2.50 bits per heavy atom. The summed E-state index contributed by atoms with van der Waals surface area (Å²) in [6.45, 7) is 1.51. The summed E-state index contributed by atoms with van der Waals surface area (Å²) in [6, 6.07) is 1.05. The average molecular weight is 233 g/mol. The highest BCUT2D eigenvalue weighted by Gasteiger charge is 2.10. The molecule has 0 saturated heterocycles. The van der Waals surface area contributed by atoms with E-state index >= 15 is 0 Å². The van der Waals surface area contributed by atoms with Crippen molar-refractivity contribution >= 4 is 11.7 Å². The van der Waals surface area contributed by atoms with Crippen molar-refractivity contribution in [3.05, 3.63) is 29.6 Å². The van der Waals surface area contributed by atoms with Crippen molar-refractivity contribution in [3.63, 3.8) is 0 Å². The summed E-state index contributed by atoms with van der Waals surface area (Å²) in [6.07, 6.45) is 0. The van der Waals surface area contributed by atoms with Crippen LogP contribution in [0.25, 0.3) is 0 Å². The fraction of sp³-hybridized carbons (Fsp3) is 0.300. The minimum atomic E-state index is -1.28. The van der Waals surface area contributed by atoms with Crippen LogP contribution in [0.2, 0.25) is 0 Å². The van der Waals surface area contributed by atoms with Gasteiger partial charge in [0, 0.05) is 12.1 Å². The Kier molecular flexibility index (Phi) is 4.16. The molecule has 3 nitrogen and oxygen atoms in total. The summed E-state index contributed by atoms with van der Waals surface area (Å²) in [5.74, 6) is -4.04.